The number of nitrogens with zero attached hydrogens (tertiary/aromatic N) is 6. The summed E-state index contributed by atoms with van der Waals surface area (Å²) >= 11 is 0. The van der Waals surface area contributed by atoms with Crippen LogP contribution in [0.4, 0.5) is 5.82 Å². The van der Waals surface area contributed by atoms with Crippen LogP contribution in [-0.2, 0) is 11.3 Å². The lowest BCUT2D eigenvalue weighted by molar-refractivity contribution is -0.124. The van der Waals surface area contributed by atoms with Gasteiger partial charge in [-0.1, -0.05) is 24.3 Å². The van der Waals surface area contributed by atoms with Crippen LogP contribution in [-0.4, -0.2) is 69.2 Å². The maximum absolute atomic E-state index is 12.8. The van der Waals surface area contributed by atoms with Crippen LogP contribution in [0.25, 0.3) is 22.3 Å². The van der Waals surface area contributed by atoms with E-state index in [0.29, 0.717) is 42.2 Å². The number of carbonyl (C=O) groups is 1. The minimum Gasteiger partial charge on any atom is -0.457 e. The standard InChI is InChI=1S/C27H29N7O2/c1-32(2)14-12-20-13-15-33(27(20)35)16-17-34-26-23(25(28)29-18-30-26)24(31-34)19-8-10-22(11-9-19)36-21-6-4-3-5-7-21/h3-12,18H,13-17H2,1-2H3,(H2,28,29,30)/b20-12+. The van der Waals surface area contributed by atoms with E-state index in [1.54, 1.807) is 0 Å². The molecule has 0 radical (unpaired) electrons. The Hall–Kier alpha value is -4.24. The summed E-state index contributed by atoms with van der Waals surface area (Å²) in [7, 11) is 3.98. The number of nitrogen functional groups attached to an aromatic ring is 1. The molecule has 4 aromatic rings. The van der Waals surface area contributed by atoms with Gasteiger partial charge in [0.15, 0.2) is 5.65 Å². The fourth-order valence-corrected chi connectivity index (χ4v) is 4.27. The third-order valence-electron chi connectivity index (χ3n) is 6.16. The Bertz CT molecular complexity index is 1400. The zero-order valence-corrected chi connectivity index (χ0v) is 20.5. The van der Waals surface area contributed by atoms with Crippen LogP contribution in [0.1, 0.15) is 6.42 Å². The average Bonchev–Trinajstić information content (AvgIpc) is 3.43. The maximum atomic E-state index is 12.8. The van der Waals surface area contributed by atoms with Gasteiger partial charge in [-0.15, -0.1) is 0 Å². The number of ether oxygens (including phenoxy) is 1. The first-order chi connectivity index (χ1) is 17.5. The van der Waals surface area contributed by atoms with Crippen molar-refractivity contribution in [3.63, 3.8) is 0 Å². The largest absolute Gasteiger partial charge is 0.457 e. The summed E-state index contributed by atoms with van der Waals surface area (Å²) in [6.07, 6.45) is 4.23. The van der Waals surface area contributed by atoms with Gasteiger partial charge in [-0.2, -0.15) is 5.10 Å². The van der Waals surface area contributed by atoms with Gasteiger partial charge in [0.05, 0.1) is 11.9 Å². The van der Waals surface area contributed by atoms with Crippen molar-refractivity contribution in [2.75, 3.05) is 39.5 Å². The highest BCUT2D eigenvalue weighted by Crippen LogP contribution is 2.32. The molecule has 36 heavy (non-hydrogen) atoms. The van der Waals surface area contributed by atoms with Gasteiger partial charge in [0.1, 0.15) is 29.3 Å². The van der Waals surface area contributed by atoms with Crippen molar-refractivity contribution in [3.05, 3.63) is 72.6 Å². The quantitative estimate of drug-likeness (QED) is 0.382. The molecule has 0 aliphatic carbocycles. The first-order valence-corrected chi connectivity index (χ1v) is 11.9. The molecule has 1 amide bonds. The number of nitrogens with two attached hydrogens (primary N) is 1. The molecule has 184 valence electrons. The number of aromatic nitrogens is 4. The number of hydrogen-bond donors (Lipinski definition) is 1. The van der Waals surface area contributed by atoms with E-state index in [0.717, 1.165) is 35.6 Å². The lowest BCUT2D eigenvalue weighted by Crippen LogP contribution is -2.29. The highest BCUT2D eigenvalue weighted by Gasteiger charge is 2.26. The molecule has 0 unspecified atom stereocenters. The van der Waals surface area contributed by atoms with Gasteiger partial charge < -0.3 is 20.3 Å². The number of hydrogen-bond acceptors (Lipinski definition) is 7. The summed E-state index contributed by atoms with van der Waals surface area (Å²) in [5.74, 6) is 1.96. The molecule has 2 N–H and O–H groups in total. The summed E-state index contributed by atoms with van der Waals surface area (Å²) < 4.78 is 7.72. The SMILES string of the molecule is CN(C)C/C=C1\CCN(CCn2nc(-c3ccc(Oc4ccccc4)cc3)c3c(N)ncnc32)C1=O. The molecule has 9 nitrogen and oxygen atoms in total. The molecule has 2 aromatic heterocycles. The number of anilines is 1. The van der Waals surface area contributed by atoms with Crippen molar-refractivity contribution in [2.24, 2.45) is 0 Å². The zero-order valence-electron chi connectivity index (χ0n) is 20.5. The predicted octanol–water partition coefficient (Wildman–Crippen LogP) is 3.59. The van der Waals surface area contributed by atoms with Gasteiger partial charge in [0, 0.05) is 30.8 Å². The Balaban J connectivity index is 1.36. The van der Waals surface area contributed by atoms with E-state index in [9.17, 15) is 4.79 Å². The highest BCUT2D eigenvalue weighted by molar-refractivity contribution is 5.98. The van der Waals surface area contributed by atoms with Gasteiger partial charge in [0.25, 0.3) is 0 Å². The van der Waals surface area contributed by atoms with Crippen molar-refractivity contribution in [2.45, 2.75) is 13.0 Å². The van der Waals surface area contributed by atoms with Crippen LogP contribution >= 0.6 is 0 Å². The predicted molar refractivity (Wildman–Crippen MR) is 140 cm³/mol. The van der Waals surface area contributed by atoms with E-state index >= 15 is 0 Å². The van der Waals surface area contributed by atoms with Crippen LogP contribution in [0.15, 0.2) is 72.6 Å². The maximum Gasteiger partial charge on any atom is 0.249 e. The summed E-state index contributed by atoms with van der Waals surface area (Å²) in [4.78, 5) is 25.4. The third-order valence-corrected chi connectivity index (χ3v) is 6.16. The number of benzene rings is 2. The van der Waals surface area contributed by atoms with Crippen LogP contribution in [0.2, 0.25) is 0 Å². The second kappa shape index (κ2) is 10.2. The first-order valence-electron chi connectivity index (χ1n) is 11.9. The summed E-state index contributed by atoms with van der Waals surface area (Å²) in [6, 6.07) is 17.3. The van der Waals surface area contributed by atoms with Crippen LogP contribution in [0, 0.1) is 0 Å². The van der Waals surface area contributed by atoms with Crippen molar-refractivity contribution >= 4 is 22.8 Å². The van der Waals surface area contributed by atoms with Gasteiger partial charge in [-0.05, 0) is 56.9 Å². The molecule has 1 saturated heterocycles. The second-order valence-electron chi connectivity index (χ2n) is 9.00. The highest BCUT2D eigenvalue weighted by atomic mass is 16.5. The Morgan fingerprint density at radius 1 is 1.03 bits per heavy atom. The molecule has 5 rings (SSSR count). The molecule has 2 aromatic carbocycles. The first kappa shape index (κ1) is 23.5. The molecule has 0 bridgehead atoms. The smallest absolute Gasteiger partial charge is 0.249 e. The molecule has 3 heterocycles. The topological polar surface area (TPSA) is 102 Å². The van der Waals surface area contributed by atoms with Crippen LogP contribution in [0.3, 0.4) is 0 Å². The third kappa shape index (κ3) is 4.92. The monoisotopic (exact) mass is 483 g/mol. The van der Waals surface area contributed by atoms with E-state index in [4.69, 9.17) is 15.6 Å². The minimum atomic E-state index is 0.0941. The molecule has 1 aliphatic rings. The number of likely N-dealkylation sites (N-methyl/N-ethyl adjacent to an activating group) is 1. The van der Waals surface area contributed by atoms with E-state index in [-0.39, 0.29) is 5.91 Å². The van der Waals surface area contributed by atoms with Crippen LogP contribution < -0.4 is 10.5 Å². The van der Waals surface area contributed by atoms with Crippen molar-refractivity contribution in [1.29, 1.82) is 0 Å². The zero-order chi connectivity index (χ0) is 25.1. The van der Waals surface area contributed by atoms with Gasteiger partial charge in [-0.25, -0.2) is 14.6 Å². The fraction of sp³-hybridized carbons (Fsp3) is 0.259. The molecule has 0 saturated carbocycles. The number of para-hydroxylation sites is 1. The Morgan fingerprint density at radius 2 is 1.78 bits per heavy atom. The molecule has 1 fully saturated rings. The summed E-state index contributed by atoms with van der Waals surface area (Å²) in [6.45, 7) is 2.52. The Kier molecular flexibility index (Phi) is 6.64. The van der Waals surface area contributed by atoms with E-state index in [1.807, 2.05) is 89.3 Å². The fourth-order valence-electron chi connectivity index (χ4n) is 4.27. The number of amides is 1. The molecule has 0 spiro atoms. The molecule has 1 aliphatic heterocycles. The van der Waals surface area contributed by atoms with E-state index < -0.39 is 0 Å². The summed E-state index contributed by atoms with van der Waals surface area (Å²) in [5.41, 5.74) is 9.36. The minimum absolute atomic E-state index is 0.0941. The number of carbonyl (C=O) groups excluding carboxylic acids is 1. The Labute approximate surface area is 209 Å². The van der Waals surface area contributed by atoms with Gasteiger partial charge in [-0.3, -0.25) is 4.79 Å². The van der Waals surface area contributed by atoms with E-state index in [1.165, 1.54) is 6.33 Å². The average molecular weight is 484 g/mol. The molecular formula is C27H29N7O2. The number of fused-ring (bicyclic) bond motifs is 1. The van der Waals surface area contributed by atoms with Crippen molar-refractivity contribution in [1.82, 2.24) is 29.5 Å². The van der Waals surface area contributed by atoms with Crippen molar-refractivity contribution in [3.8, 4) is 22.8 Å². The number of rotatable bonds is 8. The summed E-state index contributed by atoms with van der Waals surface area (Å²) in [5, 5.41) is 5.54. The Morgan fingerprint density at radius 3 is 2.53 bits per heavy atom. The van der Waals surface area contributed by atoms with Gasteiger partial charge >= 0.3 is 0 Å². The molecule has 0 atom stereocenters. The lowest BCUT2D eigenvalue weighted by Gasteiger charge is -2.15. The lowest BCUT2D eigenvalue weighted by atomic mass is 10.1. The van der Waals surface area contributed by atoms with E-state index in [2.05, 4.69) is 9.97 Å². The van der Waals surface area contributed by atoms with Crippen molar-refractivity contribution < 1.29 is 9.53 Å². The van der Waals surface area contributed by atoms with Crippen LogP contribution in [0.5, 0.6) is 11.5 Å². The molecule has 9 heteroatoms. The van der Waals surface area contributed by atoms with Gasteiger partial charge in [0.2, 0.25) is 5.91 Å². The molecular weight excluding hydrogens is 454 g/mol. The number of likely N-dealkylation sites (tertiary alicyclic amines) is 1. The normalized spacial score (nSPS) is 14.9. The second-order valence-corrected chi connectivity index (χ2v) is 9.00.